The van der Waals surface area contributed by atoms with Crippen LogP contribution in [-0.4, -0.2) is 8.42 Å². The maximum Gasteiger partial charge on any atom is 0.261 e. The maximum absolute atomic E-state index is 12.1. The summed E-state index contributed by atoms with van der Waals surface area (Å²) in [5.74, 6) is 5.24. The number of benzene rings is 2. The average Bonchev–Trinajstić information content (AvgIpc) is 2.40. The van der Waals surface area contributed by atoms with Crippen molar-refractivity contribution in [2.24, 2.45) is 5.84 Å². The van der Waals surface area contributed by atoms with Gasteiger partial charge < -0.3 is 5.43 Å². The molecule has 0 aliphatic rings. The molecule has 0 heterocycles. The average molecular weight is 277 g/mol. The van der Waals surface area contributed by atoms with Crippen LogP contribution in [0.1, 0.15) is 5.56 Å². The molecule has 2 aromatic carbocycles. The fourth-order valence-corrected chi connectivity index (χ4v) is 2.62. The van der Waals surface area contributed by atoms with Crippen LogP contribution in [0.5, 0.6) is 0 Å². The summed E-state index contributed by atoms with van der Waals surface area (Å²) in [5.41, 5.74) is 4.68. The Labute approximate surface area is 112 Å². The highest BCUT2D eigenvalue weighted by Crippen LogP contribution is 2.18. The van der Waals surface area contributed by atoms with E-state index in [1.807, 2.05) is 6.92 Å². The summed E-state index contributed by atoms with van der Waals surface area (Å²) in [7, 11) is -3.55. The molecule has 0 atom stereocenters. The predicted octanol–water partition coefficient (Wildman–Crippen LogP) is 2.08. The molecule has 0 radical (unpaired) electrons. The first kappa shape index (κ1) is 13.4. The number of hydrogen-bond donors (Lipinski definition) is 3. The Balaban J connectivity index is 2.23. The molecule has 0 saturated heterocycles. The number of rotatable bonds is 4. The molecule has 0 aliphatic carbocycles. The zero-order valence-corrected chi connectivity index (χ0v) is 11.2. The third kappa shape index (κ3) is 3.24. The quantitative estimate of drug-likeness (QED) is 0.590. The molecule has 4 N–H and O–H groups in total. The van der Waals surface area contributed by atoms with Gasteiger partial charge in [-0.25, -0.2) is 8.42 Å². The summed E-state index contributed by atoms with van der Waals surface area (Å²) in [6, 6.07) is 13.3. The van der Waals surface area contributed by atoms with Gasteiger partial charge in [-0.05, 0) is 43.3 Å². The van der Waals surface area contributed by atoms with Gasteiger partial charge in [0.15, 0.2) is 0 Å². The molecular weight excluding hydrogens is 262 g/mol. The summed E-state index contributed by atoms with van der Waals surface area (Å²) in [6.07, 6.45) is 0. The molecule has 0 bridgehead atoms. The van der Waals surface area contributed by atoms with Crippen molar-refractivity contribution in [3.8, 4) is 0 Å². The molecule has 2 aromatic rings. The lowest BCUT2D eigenvalue weighted by Gasteiger charge is -2.09. The van der Waals surface area contributed by atoms with E-state index in [1.54, 1.807) is 48.5 Å². The zero-order chi connectivity index (χ0) is 13.9. The van der Waals surface area contributed by atoms with Crippen LogP contribution in [-0.2, 0) is 10.0 Å². The van der Waals surface area contributed by atoms with Crippen molar-refractivity contribution < 1.29 is 8.42 Å². The number of sulfonamides is 1. The van der Waals surface area contributed by atoms with Gasteiger partial charge in [0, 0.05) is 11.4 Å². The van der Waals surface area contributed by atoms with E-state index in [1.165, 1.54) is 0 Å². The van der Waals surface area contributed by atoms with Crippen molar-refractivity contribution in [2.45, 2.75) is 11.8 Å². The Kier molecular flexibility index (Phi) is 3.73. The normalized spacial score (nSPS) is 11.1. The van der Waals surface area contributed by atoms with Gasteiger partial charge in [0.2, 0.25) is 0 Å². The standard InChI is InChI=1S/C13H15N3O2S/c1-10-2-8-13(9-3-10)19(17,18)16-12-6-4-11(15-14)5-7-12/h2-9,15-16H,14H2,1H3. The number of nitrogens with one attached hydrogen (secondary N) is 2. The van der Waals surface area contributed by atoms with E-state index in [2.05, 4.69) is 10.1 Å². The van der Waals surface area contributed by atoms with Crippen molar-refractivity contribution in [1.29, 1.82) is 0 Å². The van der Waals surface area contributed by atoms with Gasteiger partial charge >= 0.3 is 0 Å². The molecule has 0 unspecified atom stereocenters. The van der Waals surface area contributed by atoms with E-state index < -0.39 is 10.0 Å². The van der Waals surface area contributed by atoms with Crippen molar-refractivity contribution in [2.75, 3.05) is 10.1 Å². The topological polar surface area (TPSA) is 84.2 Å². The fourth-order valence-electron chi connectivity index (χ4n) is 1.57. The summed E-state index contributed by atoms with van der Waals surface area (Å²) in [5, 5.41) is 0. The Morgan fingerprint density at radius 1 is 0.895 bits per heavy atom. The molecule has 0 aliphatic heterocycles. The van der Waals surface area contributed by atoms with Crippen LogP contribution < -0.4 is 16.0 Å². The first-order valence-electron chi connectivity index (χ1n) is 5.67. The van der Waals surface area contributed by atoms with E-state index in [0.717, 1.165) is 5.56 Å². The van der Waals surface area contributed by atoms with Gasteiger partial charge in [-0.2, -0.15) is 0 Å². The molecular formula is C13H15N3O2S. The van der Waals surface area contributed by atoms with E-state index in [0.29, 0.717) is 11.4 Å². The molecule has 6 heteroatoms. The Morgan fingerprint density at radius 3 is 1.95 bits per heavy atom. The predicted molar refractivity (Wildman–Crippen MR) is 76.2 cm³/mol. The van der Waals surface area contributed by atoms with Gasteiger partial charge in [-0.1, -0.05) is 17.7 Å². The molecule has 0 amide bonds. The van der Waals surface area contributed by atoms with Crippen LogP contribution in [0.3, 0.4) is 0 Å². The number of aryl methyl sites for hydroxylation is 1. The molecule has 0 fully saturated rings. The Bertz CT molecular complexity index is 649. The molecule has 19 heavy (non-hydrogen) atoms. The monoisotopic (exact) mass is 277 g/mol. The largest absolute Gasteiger partial charge is 0.324 e. The van der Waals surface area contributed by atoms with Gasteiger partial charge in [0.25, 0.3) is 10.0 Å². The van der Waals surface area contributed by atoms with Gasteiger partial charge in [0.1, 0.15) is 0 Å². The summed E-state index contributed by atoms with van der Waals surface area (Å²) in [6.45, 7) is 1.91. The lowest BCUT2D eigenvalue weighted by Crippen LogP contribution is -2.13. The van der Waals surface area contributed by atoms with Crippen LogP contribution in [0.15, 0.2) is 53.4 Å². The maximum atomic E-state index is 12.1. The fraction of sp³-hybridized carbons (Fsp3) is 0.0769. The molecule has 0 aromatic heterocycles. The summed E-state index contributed by atoms with van der Waals surface area (Å²) in [4.78, 5) is 0.235. The SMILES string of the molecule is Cc1ccc(S(=O)(=O)Nc2ccc(NN)cc2)cc1. The smallest absolute Gasteiger partial charge is 0.261 e. The second-order valence-corrected chi connectivity index (χ2v) is 5.82. The lowest BCUT2D eigenvalue weighted by atomic mass is 10.2. The highest BCUT2D eigenvalue weighted by atomic mass is 32.2. The van der Waals surface area contributed by atoms with Crippen LogP contribution in [0.2, 0.25) is 0 Å². The molecule has 0 saturated carbocycles. The van der Waals surface area contributed by atoms with Crippen LogP contribution in [0.25, 0.3) is 0 Å². The van der Waals surface area contributed by atoms with E-state index >= 15 is 0 Å². The number of hydrazine groups is 1. The van der Waals surface area contributed by atoms with Crippen LogP contribution in [0.4, 0.5) is 11.4 Å². The molecule has 5 nitrogen and oxygen atoms in total. The molecule has 100 valence electrons. The van der Waals surface area contributed by atoms with Gasteiger partial charge in [0.05, 0.1) is 4.90 Å². The van der Waals surface area contributed by atoms with E-state index in [9.17, 15) is 8.42 Å². The van der Waals surface area contributed by atoms with Crippen molar-refractivity contribution in [1.82, 2.24) is 0 Å². The lowest BCUT2D eigenvalue weighted by molar-refractivity contribution is 0.601. The number of nitrogen functional groups attached to an aromatic ring is 1. The Morgan fingerprint density at radius 2 is 1.42 bits per heavy atom. The third-order valence-electron chi connectivity index (χ3n) is 2.64. The van der Waals surface area contributed by atoms with E-state index in [-0.39, 0.29) is 4.90 Å². The third-order valence-corrected chi connectivity index (χ3v) is 4.03. The first-order valence-corrected chi connectivity index (χ1v) is 7.16. The number of anilines is 2. The second kappa shape index (κ2) is 5.29. The molecule has 0 spiro atoms. The van der Waals surface area contributed by atoms with Crippen LogP contribution >= 0.6 is 0 Å². The number of hydrogen-bond acceptors (Lipinski definition) is 4. The summed E-state index contributed by atoms with van der Waals surface area (Å²) >= 11 is 0. The van der Waals surface area contributed by atoms with E-state index in [4.69, 9.17) is 5.84 Å². The minimum absolute atomic E-state index is 0.235. The van der Waals surface area contributed by atoms with Gasteiger partial charge in [-0.3, -0.25) is 10.6 Å². The summed E-state index contributed by atoms with van der Waals surface area (Å²) < 4.78 is 26.7. The van der Waals surface area contributed by atoms with Crippen molar-refractivity contribution >= 4 is 21.4 Å². The molecule has 2 rings (SSSR count). The van der Waals surface area contributed by atoms with Gasteiger partial charge in [-0.15, -0.1) is 0 Å². The van der Waals surface area contributed by atoms with Crippen molar-refractivity contribution in [3.05, 3.63) is 54.1 Å². The van der Waals surface area contributed by atoms with Crippen LogP contribution in [0, 0.1) is 6.92 Å². The van der Waals surface area contributed by atoms with Crippen molar-refractivity contribution in [3.63, 3.8) is 0 Å². The second-order valence-electron chi connectivity index (χ2n) is 4.14. The minimum atomic E-state index is -3.55. The Hall–Kier alpha value is -2.05. The first-order chi connectivity index (χ1) is 9.01. The zero-order valence-electron chi connectivity index (χ0n) is 10.4. The number of nitrogens with two attached hydrogens (primary N) is 1. The minimum Gasteiger partial charge on any atom is -0.324 e. The highest BCUT2D eigenvalue weighted by molar-refractivity contribution is 7.92. The highest BCUT2D eigenvalue weighted by Gasteiger charge is 2.13.